The second-order valence-electron chi connectivity index (χ2n) is 7.23. The minimum atomic E-state index is -0.214. The average molecular weight is 366 g/mol. The van der Waals surface area contributed by atoms with Crippen molar-refractivity contribution in [3.05, 3.63) is 59.9 Å². The number of nitrogens with zero attached hydrogens (tertiary/aromatic N) is 2. The van der Waals surface area contributed by atoms with Gasteiger partial charge in [0.1, 0.15) is 11.8 Å². The first kappa shape index (κ1) is 17.9. The molecule has 2 saturated heterocycles. The van der Waals surface area contributed by atoms with Gasteiger partial charge in [-0.3, -0.25) is 9.78 Å². The molecule has 0 spiro atoms. The van der Waals surface area contributed by atoms with Crippen molar-refractivity contribution in [2.24, 2.45) is 0 Å². The molecule has 2 fully saturated rings. The molecule has 1 aromatic heterocycles. The summed E-state index contributed by atoms with van der Waals surface area (Å²) in [6.07, 6.45) is 7.50. The molecule has 0 saturated carbocycles. The second kappa shape index (κ2) is 8.06. The van der Waals surface area contributed by atoms with Crippen LogP contribution >= 0.6 is 0 Å². The summed E-state index contributed by atoms with van der Waals surface area (Å²) in [4.78, 5) is 19.4. The molecule has 3 heterocycles. The Balaban J connectivity index is 1.49. The molecule has 0 bridgehead atoms. The lowest BCUT2D eigenvalue weighted by Gasteiger charge is -2.37. The van der Waals surface area contributed by atoms with Gasteiger partial charge in [-0.25, -0.2) is 10.9 Å². The average Bonchev–Trinajstić information content (AvgIpc) is 3.24. The lowest BCUT2D eigenvalue weighted by atomic mass is 9.93. The zero-order valence-corrected chi connectivity index (χ0v) is 15.6. The first-order valence-corrected chi connectivity index (χ1v) is 9.61. The molecular weight excluding hydrogens is 340 g/mol. The molecule has 1 amide bonds. The van der Waals surface area contributed by atoms with Crippen molar-refractivity contribution in [3.8, 4) is 5.75 Å². The number of likely N-dealkylation sites (tertiary alicyclic amines) is 1. The van der Waals surface area contributed by atoms with Gasteiger partial charge < -0.3 is 9.64 Å². The molecule has 6 heteroatoms. The number of methoxy groups -OCH3 is 1. The number of nitrogens with one attached hydrogen (secondary N) is 2. The van der Waals surface area contributed by atoms with Crippen LogP contribution < -0.4 is 15.6 Å². The van der Waals surface area contributed by atoms with E-state index in [-0.39, 0.29) is 24.0 Å². The van der Waals surface area contributed by atoms with Gasteiger partial charge in [0.05, 0.1) is 13.2 Å². The Morgan fingerprint density at radius 1 is 1.15 bits per heavy atom. The number of hydrogen-bond acceptors (Lipinski definition) is 5. The van der Waals surface area contributed by atoms with Crippen molar-refractivity contribution in [2.75, 3.05) is 13.7 Å². The maximum absolute atomic E-state index is 13.3. The Morgan fingerprint density at radius 3 is 2.81 bits per heavy atom. The predicted octanol–water partition coefficient (Wildman–Crippen LogP) is 2.75. The van der Waals surface area contributed by atoms with E-state index in [4.69, 9.17) is 4.74 Å². The summed E-state index contributed by atoms with van der Waals surface area (Å²) in [6.45, 7) is 0.804. The van der Waals surface area contributed by atoms with Crippen LogP contribution in [0.25, 0.3) is 0 Å². The number of carbonyl (C=O) groups is 1. The molecule has 0 aliphatic carbocycles. The maximum atomic E-state index is 13.3. The minimum Gasteiger partial charge on any atom is -0.497 e. The van der Waals surface area contributed by atoms with Crippen LogP contribution in [0, 0.1) is 0 Å². The molecule has 27 heavy (non-hydrogen) atoms. The van der Waals surface area contributed by atoms with E-state index < -0.39 is 0 Å². The number of pyridine rings is 1. The lowest BCUT2D eigenvalue weighted by molar-refractivity contribution is -0.137. The highest BCUT2D eigenvalue weighted by atomic mass is 16.5. The smallest absolute Gasteiger partial charge is 0.241 e. The van der Waals surface area contributed by atoms with E-state index in [0.717, 1.165) is 49.1 Å². The maximum Gasteiger partial charge on any atom is 0.241 e. The Kier molecular flexibility index (Phi) is 5.36. The fourth-order valence-corrected chi connectivity index (χ4v) is 4.12. The molecule has 4 rings (SSSR count). The molecule has 2 aromatic rings. The summed E-state index contributed by atoms with van der Waals surface area (Å²) in [6, 6.07) is 12.1. The van der Waals surface area contributed by atoms with E-state index in [1.54, 1.807) is 19.5 Å². The van der Waals surface area contributed by atoms with E-state index in [0.29, 0.717) is 0 Å². The van der Waals surface area contributed by atoms with Gasteiger partial charge >= 0.3 is 0 Å². The third-order valence-corrected chi connectivity index (χ3v) is 5.57. The molecule has 2 N–H and O–H groups in total. The zero-order chi connectivity index (χ0) is 18.6. The summed E-state index contributed by atoms with van der Waals surface area (Å²) in [5.74, 6) is 1.01. The molecule has 0 radical (unpaired) electrons. The van der Waals surface area contributed by atoms with Crippen LogP contribution in [0.5, 0.6) is 5.75 Å². The normalized spacial score (nSPS) is 25.4. The largest absolute Gasteiger partial charge is 0.497 e. The minimum absolute atomic E-state index is 0.114. The predicted molar refractivity (Wildman–Crippen MR) is 103 cm³/mol. The number of hydrazine groups is 1. The van der Waals surface area contributed by atoms with Gasteiger partial charge in [0.2, 0.25) is 5.91 Å². The van der Waals surface area contributed by atoms with E-state index in [2.05, 4.69) is 28.0 Å². The molecule has 3 atom stereocenters. The summed E-state index contributed by atoms with van der Waals surface area (Å²) >= 11 is 0. The van der Waals surface area contributed by atoms with Crippen LogP contribution in [-0.2, 0) is 4.79 Å². The van der Waals surface area contributed by atoms with E-state index in [9.17, 15) is 4.79 Å². The van der Waals surface area contributed by atoms with Crippen LogP contribution in [0.3, 0.4) is 0 Å². The Bertz CT molecular complexity index is 783. The molecule has 3 unspecified atom stereocenters. The molecule has 2 aliphatic heterocycles. The number of benzene rings is 1. The number of aromatic nitrogens is 1. The number of carbonyl (C=O) groups excluding carboxylic acids is 1. The highest BCUT2D eigenvalue weighted by Gasteiger charge is 2.36. The van der Waals surface area contributed by atoms with Gasteiger partial charge in [0, 0.05) is 25.0 Å². The summed E-state index contributed by atoms with van der Waals surface area (Å²) in [5, 5.41) is 0. The Morgan fingerprint density at radius 2 is 2.00 bits per heavy atom. The van der Waals surface area contributed by atoms with Crippen LogP contribution in [0.2, 0.25) is 0 Å². The van der Waals surface area contributed by atoms with Gasteiger partial charge in [-0.1, -0.05) is 12.1 Å². The first-order chi connectivity index (χ1) is 13.3. The number of rotatable bonds is 4. The third-order valence-electron chi connectivity index (χ3n) is 5.57. The fraction of sp³-hybridized carbons (Fsp3) is 0.429. The van der Waals surface area contributed by atoms with Gasteiger partial charge in [0.25, 0.3) is 0 Å². The van der Waals surface area contributed by atoms with Gasteiger partial charge in [-0.15, -0.1) is 0 Å². The topological polar surface area (TPSA) is 66.5 Å². The van der Waals surface area contributed by atoms with Crippen LogP contribution in [0.4, 0.5) is 0 Å². The van der Waals surface area contributed by atoms with Crippen molar-refractivity contribution >= 4 is 5.91 Å². The van der Waals surface area contributed by atoms with Crippen molar-refractivity contribution in [1.82, 2.24) is 20.7 Å². The summed E-state index contributed by atoms with van der Waals surface area (Å²) in [5.41, 5.74) is 8.78. The second-order valence-corrected chi connectivity index (χ2v) is 7.23. The first-order valence-electron chi connectivity index (χ1n) is 9.61. The van der Waals surface area contributed by atoms with E-state index in [1.807, 2.05) is 29.2 Å². The van der Waals surface area contributed by atoms with Crippen molar-refractivity contribution in [2.45, 2.75) is 43.8 Å². The van der Waals surface area contributed by atoms with Crippen LogP contribution in [0.1, 0.15) is 48.9 Å². The number of piperidine rings is 1. The molecule has 1 aromatic carbocycles. The van der Waals surface area contributed by atoms with Crippen molar-refractivity contribution in [1.29, 1.82) is 0 Å². The summed E-state index contributed by atoms with van der Waals surface area (Å²) in [7, 11) is 1.68. The fourth-order valence-electron chi connectivity index (χ4n) is 4.12. The highest BCUT2D eigenvalue weighted by Crippen LogP contribution is 2.34. The molecule has 2 aliphatic rings. The van der Waals surface area contributed by atoms with Crippen molar-refractivity contribution in [3.63, 3.8) is 0 Å². The number of hydrogen-bond donors (Lipinski definition) is 2. The number of ether oxygens (including phenoxy) is 1. The van der Waals surface area contributed by atoms with Gasteiger partial charge in [-0.2, -0.15) is 0 Å². The quantitative estimate of drug-likeness (QED) is 0.871. The van der Waals surface area contributed by atoms with Crippen LogP contribution in [-0.4, -0.2) is 35.5 Å². The van der Waals surface area contributed by atoms with E-state index >= 15 is 0 Å². The standard InChI is InChI=1S/C21H26N4O2/c1-27-17-6-4-5-16(13-17)20-7-2-3-12-25(20)21(26)19-14-18(23-24-19)15-8-10-22-11-9-15/h4-6,8-11,13,18-20,23-24H,2-3,7,12,14H2,1H3. The lowest BCUT2D eigenvalue weighted by Crippen LogP contribution is -2.48. The molecule has 142 valence electrons. The monoisotopic (exact) mass is 366 g/mol. The third kappa shape index (κ3) is 3.82. The number of amides is 1. The Hall–Kier alpha value is -2.44. The highest BCUT2D eigenvalue weighted by molar-refractivity contribution is 5.83. The van der Waals surface area contributed by atoms with Crippen molar-refractivity contribution < 1.29 is 9.53 Å². The van der Waals surface area contributed by atoms with E-state index in [1.165, 1.54) is 0 Å². The molecule has 6 nitrogen and oxygen atoms in total. The molecular formula is C21H26N4O2. The SMILES string of the molecule is COc1cccc(C2CCCCN2C(=O)C2CC(c3ccncc3)NN2)c1. The van der Waals surface area contributed by atoms with Gasteiger partial charge in [0.15, 0.2) is 0 Å². The summed E-state index contributed by atoms with van der Waals surface area (Å²) < 4.78 is 5.37. The van der Waals surface area contributed by atoms with Gasteiger partial charge in [-0.05, 0) is 61.1 Å². The van der Waals surface area contributed by atoms with Crippen LogP contribution in [0.15, 0.2) is 48.8 Å². The Labute approximate surface area is 159 Å². The zero-order valence-electron chi connectivity index (χ0n) is 15.6.